The van der Waals surface area contributed by atoms with Crippen LogP contribution in [0.2, 0.25) is 0 Å². The molecule has 0 aromatic heterocycles. The SMILES string of the molecule is CCOC(=O)/C=C/C(=O)OCC(=O)NCc1ccc(OC)cc1. The van der Waals surface area contributed by atoms with E-state index >= 15 is 0 Å². The Bertz CT molecular complexity index is 564. The Hall–Kier alpha value is -2.83. The summed E-state index contributed by atoms with van der Waals surface area (Å²) in [5.74, 6) is -1.16. The zero-order chi connectivity index (χ0) is 17.1. The molecule has 7 nitrogen and oxygen atoms in total. The van der Waals surface area contributed by atoms with Gasteiger partial charge in [-0.3, -0.25) is 4.79 Å². The highest BCUT2D eigenvalue weighted by Crippen LogP contribution is 2.10. The minimum Gasteiger partial charge on any atom is -0.497 e. The molecule has 0 bridgehead atoms. The van der Waals surface area contributed by atoms with Gasteiger partial charge < -0.3 is 19.5 Å². The molecule has 0 spiro atoms. The van der Waals surface area contributed by atoms with Gasteiger partial charge in [0.15, 0.2) is 6.61 Å². The summed E-state index contributed by atoms with van der Waals surface area (Å²) in [4.78, 5) is 33.8. The van der Waals surface area contributed by atoms with Gasteiger partial charge in [-0.1, -0.05) is 12.1 Å². The normalized spacial score (nSPS) is 10.2. The molecule has 0 fully saturated rings. The Kier molecular flexibility index (Phi) is 7.91. The molecule has 0 atom stereocenters. The lowest BCUT2D eigenvalue weighted by Gasteiger charge is -2.06. The number of rotatable bonds is 8. The summed E-state index contributed by atoms with van der Waals surface area (Å²) in [5.41, 5.74) is 0.882. The summed E-state index contributed by atoms with van der Waals surface area (Å²) in [6.45, 7) is 1.74. The number of esters is 2. The zero-order valence-corrected chi connectivity index (χ0v) is 13.0. The quantitative estimate of drug-likeness (QED) is 0.567. The second kappa shape index (κ2) is 9.99. The van der Waals surface area contributed by atoms with Crippen LogP contribution in [0.3, 0.4) is 0 Å². The largest absolute Gasteiger partial charge is 0.497 e. The van der Waals surface area contributed by atoms with Gasteiger partial charge in [0.1, 0.15) is 5.75 Å². The van der Waals surface area contributed by atoms with Crippen LogP contribution in [0.25, 0.3) is 0 Å². The van der Waals surface area contributed by atoms with Crippen LogP contribution in [-0.4, -0.2) is 38.2 Å². The average Bonchev–Trinajstić information content (AvgIpc) is 2.57. The summed E-state index contributed by atoms with van der Waals surface area (Å²) >= 11 is 0. The van der Waals surface area contributed by atoms with Crippen LogP contribution >= 0.6 is 0 Å². The topological polar surface area (TPSA) is 90.9 Å². The van der Waals surface area contributed by atoms with Crippen molar-refractivity contribution in [1.29, 1.82) is 0 Å². The molecule has 23 heavy (non-hydrogen) atoms. The molecular formula is C16H19NO6. The third-order valence-electron chi connectivity index (χ3n) is 2.64. The number of carbonyl (C=O) groups excluding carboxylic acids is 3. The van der Waals surface area contributed by atoms with Gasteiger partial charge in [-0.25, -0.2) is 9.59 Å². The molecule has 0 unspecified atom stereocenters. The molecule has 0 aliphatic carbocycles. The minimum absolute atomic E-state index is 0.214. The van der Waals surface area contributed by atoms with Crippen molar-refractivity contribution in [1.82, 2.24) is 5.32 Å². The summed E-state index contributed by atoms with van der Waals surface area (Å²) in [7, 11) is 1.57. The van der Waals surface area contributed by atoms with Crippen LogP contribution in [-0.2, 0) is 30.4 Å². The Morgan fingerprint density at radius 2 is 1.65 bits per heavy atom. The van der Waals surface area contributed by atoms with Crippen LogP contribution in [0.5, 0.6) is 5.75 Å². The van der Waals surface area contributed by atoms with Gasteiger partial charge in [0.05, 0.1) is 13.7 Å². The lowest BCUT2D eigenvalue weighted by atomic mass is 10.2. The van der Waals surface area contributed by atoms with Gasteiger partial charge in [0.25, 0.3) is 5.91 Å². The number of hydrogen-bond donors (Lipinski definition) is 1. The van der Waals surface area contributed by atoms with Crippen LogP contribution in [0.4, 0.5) is 0 Å². The minimum atomic E-state index is -0.794. The number of carbonyl (C=O) groups is 3. The van der Waals surface area contributed by atoms with E-state index in [2.05, 4.69) is 10.1 Å². The first-order valence-electron chi connectivity index (χ1n) is 6.96. The van der Waals surface area contributed by atoms with E-state index in [1.807, 2.05) is 12.1 Å². The van der Waals surface area contributed by atoms with E-state index in [0.717, 1.165) is 23.5 Å². The number of hydrogen-bond acceptors (Lipinski definition) is 6. The van der Waals surface area contributed by atoms with Gasteiger partial charge in [-0.2, -0.15) is 0 Å². The first-order valence-corrected chi connectivity index (χ1v) is 6.96. The van der Waals surface area contributed by atoms with Crippen LogP contribution in [0.15, 0.2) is 36.4 Å². The zero-order valence-electron chi connectivity index (χ0n) is 13.0. The third-order valence-corrected chi connectivity index (χ3v) is 2.64. The van der Waals surface area contributed by atoms with Crippen molar-refractivity contribution in [2.45, 2.75) is 13.5 Å². The molecule has 1 rings (SSSR count). The molecule has 0 saturated carbocycles. The van der Waals surface area contributed by atoms with E-state index in [1.54, 1.807) is 26.2 Å². The number of nitrogens with one attached hydrogen (secondary N) is 1. The average molecular weight is 321 g/mol. The summed E-state index contributed by atoms with van der Waals surface area (Å²) in [5, 5.41) is 2.60. The maximum atomic E-state index is 11.6. The molecule has 1 amide bonds. The van der Waals surface area contributed by atoms with Crippen molar-refractivity contribution in [2.24, 2.45) is 0 Å². The Morgan fingerprint density at radius 1 is 1.04 bits per heavy atom. The molecule has 1 N–H and O–H groups in total. The van der Waals surface area contributed by atoms with Crippen molar-refractivity contribution in [2.75, 3.05) is 20.3 Å². The Labute approximate surface area is 134 Å². The second-order valence-corrected chi connectivity index (χ2v) is 4.32. The molecule has 0 aliphatic rings. The molecule has 0 radical (unpaired) electrons. The lowest BCUT2D eigenvalue weighted by Crippen LogP contribution is -2.28. The van der Waals surface area contributed by atoms with Gasteiger partial charge in [-0.15, -0.1) is 0 Å². The molecule has 0 heterocycles. The van der Waals surface area contributed by atoms with Gasteiger partial charge in [0, 0.05) is 18.7 Å². The van der Waals surface area contributed by atoms with E-state index in [4.69, 9.17) is 9.47 Å². The molecule has 124 valence electrons. The predicted molar refractivity (Wildman–Crippen MR) is 81.6 cm³/mol. The molecular weight excluding hydrogens is 302 g/mol. The number of benzene rings is 1. The monoisotopic (exact) mass is 321 g/mol. The second-order valence-electron chi connectivity index (χ2n) is 4.32. The highest BCUT2D eigenvalue weighted by molar-refractivity contribution is 5.92. The molecule has 0 saturated heterocycles. The lowest BCUT2D eigenvalue weighted by molar-refractivity contribution is -0.144. The number of ether oxygens (including phenoxy) is 3. The number of amides is 1. The van der Waals surface area contributed by atoms with E-state index in [1.165, 1.54) is 0 Å². The summed E-state index contributed by atoms with van der Waals surface area (Å²) < 4.78 is 14.3. The maximum Gasteiger partial charge on any atom is 0.331 e. The molecule has 0 aliphatic heterocycles. The summed E-state index contributed by atoms with van der Waals surface area (Å²) in [6.07, 6.45) is 1.86. The fourth-order valence-corrected chi connectivity index (χ4v) is 1.51. The van der Waals surface area contributed by atoms with Crippen molar-refractivity contribution in [3.8, 4) is 5.75 Å². The smallest absolute Gasteiger partial charge is 0.331 e. The van der Waals surface area contributed by atoms with E-state index in [9.17, 15) is 14.4 Å². The maximum absolute atomic E-state index is 11.6. The van der Waals surface area contributed by atoms with E-state index in [0.29, 0.717) is 6.54 Å². The van der Waals surface area contributed by atoms with Crippen molar-refractivity contribution >= 4 is 17.8 Å². The van der Waals surface area contributed by atoms with Crippen molar-refractivity contribution < 1.29 is 28.6 Å². The van der Waals surface area contributed by atoms with Crippen LogP contribution < -0.4 is 10.1 Å². The number of methoxy groups -OCH3 is 1. The first kappa shape index (κ1) is 18.2. The molecule has 1 aromatic carbocycles. The molecule has 1 aromatic rings. The highest BCUT2D eigenvalue weighted by atomic mass is 16.5. The van der Waals surface area contributed by atoms with E-state index < -0.39 is 24.5 Å². The van der Waals surface area contributed by atoms with Gasteiger partial charge in [0.2, 0.25) is 0 Å². The Morgan fingerprint density at radius 3 is 2.22 bits per heavy atom. The summed E-state index contributed by atoms with van der Waals surface area (Å²) in [6, 6.07) is 7.18. The standard InChI is InChI=1S/C16H19NO6/c1-3-22-15(19)8-9-16(20)23-11-14(18)17-10-12-4-6-13(21-2)7-5-12/h4-9H,3,10-11H2,1-2H3,(H,17,18)/b9-8+. The fraction of sp³-hybridized carbons (Fsp3) is 0.312. The van der Waals surface area contributed by atoms with Gasteiger partial charge in [-0.05, 0) is 24.6 Å². The van der Waals surface area contributed by atoms with Crippen molar-refractivity contribution in [3.05, 3.63) is 42.0 Å². The van der Waals surface area contributed by atoms with E-state index in [-0.39, 0.29) is 6.61 Å². The fourth-order valence-electron chi connectivity index (χ4n) is 1.51. The molecule has 7 heteroatoms. The highest BCUT2D eigenvalue weighted by Gasteiger charge is 2.06. The third kappa shape index (κ3) is 7.66. The van der Waals surface area contributed by atoms with Crippen LogP contribution in [0, 0.1) is 0 Å². The van der Waals surface area contributed by atoms with Crippen molar-refractivity contribution in [3.63, 3.8) is 0 Å². The predicted octanol–water partition coefficient (Wildman–Crippen LogP) is 0.974. The van der Waals surface area contributed by atoms with Gasteiger partial charge >= 0.3 is 11.9 Å². The first-order chi connectivity index (χ1) is 11.0. The van der Waals surface area contributed by atoms with Crippen LogP contribution in [0.1, 0.15) is 12.5 Å². The Balaban J connectivity index is 2.28.